The van der Waals surface area contributed by atoms with Crippen molar-refractivity contribution in [3.63, 3.8) is 0 Å². The van der Waals surface area contributed by atoms with Crippen LogP contribution < -0.4 is 0 Å². The van der Waals surface area contributed by atoms with Crippen molar-refractivity contribution in [1.82, 2.24) is 0 Å². The normalized spacial score (nSPS) is 2.14. The minimum atomic E-state index is -2.00. The molecule has 39 valence electrons. The quantitative estimate of drug-likeness (QED) is 0.556. The van der Waals surface area contributed by atoms with E-state index >= 15 is 0 Å². The van der Waals surface area contributed by atoms with E-state index in [-0.39, 0.29) is 0 Å². The molecule has 0 fully saturated rings. The van der Waals surface area contributed by atoms with Gasteiger partial charge in [-0.3, -0.25) is 0 Å². The van der Waals surface area contributed by atoms with Crippen LogP contribution in [0.2, 0.25) is 0 Å². The van der Waals surface area contributed by atoms with Crippen molar-refractivity contribution in [2.45, 2.75) is 0 Å². The van der Waals surface area contributed by atoms with Gasteiger partial charge in [0.25, 0.3) is 0 Å². The van der Waals surface area contributed by atoms with Crippen LogP contribution in [-0.4, -0.2) is 0 Å². The Bertz CT molecular complexity index is 47.7. The average molecular weight is 347 g/mol. The monoisotopic (exact) mass is 347 g/mol. The van der Waals surface area contributed by atoms with E-state index in [0.717, 1.165) is 17.4 Å². The molecule has 0 spiro atoms. The van der Waals surface area contributed by atoms with Crippen LogP contribution in [0, 0.1) is 0 Å². The molecule has 0 aliphatic heterocycles. The molecule has 0 bridgehead atoms. The fourth-order valence-corrected chi connectivity index (χ4v) is 0. The molecule has 0 N–H and O–H groups in total. The summed E-state index contributed by atoms with van der Waals surface area (Å²) in [7, 11) is 0. The predicted octanol–water partition coefficient (Wildman–Crippen LogP) is -0.483. The fourth-order valence-electron chi connectivity index (χ4n) is 0. The zero-order chi connectivity index (χ0) is 6.71. The standard InChI is InChI=1S/4O.Ti.V.W. The van der Waals surface area contributed by atoms with Gasteiger partial charge in [0.15, 0.2) is 0 Å². The van der Waals surface area contributed by atoms with Crippen molar-refractivity contribution in [2.75, 3.05) is 0 Å². The van der Waals surface area contributed by atoms with Crippen molar-refractivity contribution < 1.29 is 70.0 Å². The first-order chi connectivity index (χ1) is 3.41. The number of hydrogen-bond donors (Lipinski definition) is 0. The van der Waals surface area contributed by atoms with Gasteiger partial charge in [0.05, 0.1) is 0 Å². The van der Waals surface area contributed by atoms with E-state index in [9.17, 15) is 0 Å². The molecule has 0 unspecified atom stereocenters. The molecule has 0 saturated heterocycles. The second kappa shape index (κ2) is 57.5. The van der Waals surface area contributed by atoms with Gasteiger partial charge >= 0.3 is 70.0 Å². The van der Waals surface area contributed by atoms with E-state index in [2.05, 4.69) is 0 Å². The van der Waals surface area contributed by atoms with Crippen LogP contribution >= 0.6 is 0 Å². The molecule has 0 heterocycles. The van der Waals surface area contributed by atoms with Crippen molar-refractivity contribution in [3.05, 3.63) is 0 Å². The van der Waals surface area contributed by atoms with E-state index in [0.29, 0.717) is 19.8 Å². The summed E-state index contributed by atoms with van der Waals surface area (Å²) in [5.41, 5.74) is 0. The molecule has 0 aliphatic carbocycles. The van der Waals surface area contributed by atoms with Crippen LogP contribution in [0.15, 0.2) is 0 Å². The fraction of sp³-hybridized carbons (Fsp3) is 0. The van der Waals surface area contributed by atoms with E-state index in [1.807, 2.05) is 0 Å². The van der Waals surface area contributed by atoms with Gasteiger partial charge in [0.2, 0.25) is 0 Å². The number of hydrogen-bond acceptors (Lipinski definition) is 4. The average Bonchev–Trinajstić information content (AvgIpc) is 1.78. The third kappa shape index (κ3) is 137. The third-order valence-corrected chi connectivity index (χ3v) is 0. The van der Waals surface area contributed by atoms with Crippen molar-refractivity contribution in [2.24, 2.45) is 0 Å². The van der Waals surface area contributed by atoms with Gasteiger partial charge in [-0.05, 0) is 0 Å². The first-order valence-corrected chi connectivity index (χ1v) is 3.80. The molecular formula is O4TiVW. The molecule has 0 aromatic rings. The van der Waals surface area contributed by atoms with E-state index in [1.165, 1.54) is 0 Å². The Hall–Kier alpha value is 1.19. The topological polar surface area (TPSA) is 68.3 Å². The van der Waals surface area contributed by atoms with Gasteiger partial charge in [-0.15, -0.1) is 0 Å². The molecule has 0 saturated carbocycles. The zero-order valence-corrected chi connectivity index (χ0v) is 8.88. The Kier molecular flexibility index (Phi) is 129. The third-order valence-electron chi connectivity index (χ3n) is 0. The van der Waals surface area contributed by atoms with Gasteiger partial charge in [0.1, 0.15) is 0 Å². The van der Waals surface area contributed by atoms with Crippen molar-refractivity contribution in [3.8, 4) is 0 Å². The molecule has 0 aromatic heterocycles. The van der Waals surface area contributed by atoms with E-state index in [1.54, 1.807) is 0 Å². The Balaban J connectivity index is -0.0000000360. The first kappa shape index (κ1) is 15.7. The summed E-state index contributed by atoms with van der Waals surface area (Å²) in [5.74, 6) is 0. The molecule has 0 atom stereocenters. The molecule has 7 heteroatoms. The maximum atomic E-state index is 8.50. The molecule has 7 heavy (non-hydrogen) atoms. The summed E-state index contributed by atoms with van der Waals surface area (Å²) in [5, 5.41) is 0. The molecule has 0 aliphatic rings. The minimum absolute atomic E-state index is 0.333. The summed E-state index contributed by atoms with van der Waals surface area (Å²) >= 11 is -0.604. The summed E-state index contributed by atoms with van der Waals surface area (Å²) in [4.78, 5) is 0. The van der Waals surface area contributed by atoms with Gasteiger partial charge in [-0.1, -0.05) is 0 Å². The Morgan fingerprint density at radius 1 is 1.14 bits per heavy atom. The Morgan fingerprint density at radius 2 is 1.14 bits per heavy atom. The number of rotatable bonds is 0. The Morgan fingerprint density at radius 3 is 1.14 bits per heavy atom. The summed E-state index contributed by atoms with van der Waals surface area (Å²) in [6, 6.07) is 0. The SMILES string of the molecule is [O]=[Ti]=[O].[O]=[V].[O]=[W]. The van der Waals surface area contributed by atoms with Crippen LogP contribution in [0.3, 0.4) is 0 Å². The van der Waals surface area contributed by atoms with Gasteiger partial charge in [-0.25, -0.2) is 0 Å². The Labute approximate surface area is 69.4 Å². The van der Waals surface area contributed by atoms with Gasteiger partial charge < -0.3 is 0 Å². The summed E-state index contributed by atoms with van der Waals surface area (Å²) in [6.07, 6.45) is 0. The van der Waals surface area contributed by atoms with Crippen LogP contribution in [0.4, 0.5) is 0 Å². The van der Waals surface area contributed by atoms with Crippen molar-refractivity contribution >= 4 is 0 Å². The van der Waals surface area contributed by atoms with Crippen molar-refractivity contribution in [1.29, 1.82) is 0 Å². The van der Waals surface area contributed by atoms with Crippen LogP contribution in [0.5, 0.6) is 0 Å². The molecule has 0 radical (unpaired) electrons. The molecule has 0 amide bonds. The van der Waals surface area contributed by atoms with Gasteiger partial charge in [0, 0.05) is 0 Å². The zero-order valence-electron chi connectivity index (χ0n) is 2.99. The van der Waals surface area contributed by atoms with Crippen LogP contribution in [0.1, 0.15) is 0 Å². The predicted molar refractivity (Wildman–Crippen MR) is 2.75 cm³/mol. The second-order valence-corrected chi connectivity index (χ2v) is 0.344. The summed E-state index contributed by atoms with van der Waals surface area (Å²) in [6.45, 7) is 0. The molecular weight excluding hydrogens is 347 g/mol. The maximum absolute atomic E-state index is 8.50. The van der Waals surface area contributed by atoms with Crippen LogP contribution in [-0.2, 0) is 70.0 Å². The van der Waals surface area contributed by atoms with Gasteiger partial charge in [-0.2, -0.15) is 0 Å². The summed E-state index contributed by atoms with van der Waals surface area (Å²) < 4.78 is 33.5. The van der Waals surface area contributed by atoms with Crippen LogP contribution in [0.25, 0.3) is 0 Å². The van der Waals surface area contributed by atoms with E-state index in [4.69, 9.17) is 13.7 Å². The molecule has 4 nitrogen and oxygen atoms in total. The second-order valence-electron chi connectivity index (χ2n) is 0.0833. The van der Waals surface area contributed by atoms with E-state index < -0.39 is 19.1 Å². The molecule has 0 rings (SSSR count). The first-order valence-electron chi connectivity index (χ1n) is 0.757. The molecule has 0 aromatic carbocycles.